The smallest absolute Gasteiger partial charge is 0.251 e. The Morgan fingerprint density at radius 3 is 2.62 bits per heavy atom. The lowest BCUT2D eigenvalue weighted by Crippen LogP contribution is -2.24. The number of nitrogen functional groups attached to an aromatic ring is 1. The lowest BCUT2D eigenvalue weighted by atomic mass is 10.1. The van der Waals surface area contributed by atoms with Crippen LogP contribution in [0.15, 0.2) is 48.5 Å². The average molecular weight is 325 g/mol. The number of nitrogens with two attached hydrogens (primary N) is 1. The highest BCUT2D eigenvalue weighted by atomic mass is 16.2. The van der Waals surface area contributed by atoms with Crippen molar-refractivity contribution in [2.45, 2.75) is 26.2 Å². The summed E-state index contributed by atoms with van der Waals surface area (Å²) in [6.07, 6.45) is 1.86. The van der Waals surface area contributed by atoms with Gasteiger partial charge in [0.1, 0.15) is 0 Å². The van der Waals surface area contributed by atoms with Crippen molar-refractivity contribution < 1.29 is 9.59 Å². The van der Waals surface area contributed by atoms with E-state index < -0.39 is 0 Å². The summed E-state index contributed by atoms with van der Waals surface area (Å²) < 4.78 is 0. The van der Waals surface area contributed by atoms with Crippen molar-refractivity contribution in [2.75, 3.05) is 17.6 Å². The third kappa shape index (κ3) is 5.43. The van der Waals surface area contributed by atoms with Crippen molar-refractivity contribution in [1.29, 1.82) is 0 Å². The zero-order valence-corrected chi connectivity index (χ0v) is 13.8. The number of carbonyl (C=O) groups excluding carboxylic acids is 2. The molecule has 0 radical (unpaired) electrons. The highest BCUT2D eigenvalue weighted by Crippen LogP contribution is 2.13. The molecule has 0 atom stereocenters. The molecular formula is C19H23N3O2. The van der Waals surface area contributed by atoms with Gasteiger partial charge in [0.25, 0.3) is 5.91 Å². The van der Waals surface area contributed by atoms with Crippen LogP contribution in [-0.2, 0) is 11.2 Å². The normalized spacial score (nSPS) is 10.2. The van der Waals surface area contributed by atoms with E-state index in [0.29, 0.717) is 36.3 Å². The van der Waals surface area contributed by atoms with Crippen molar-refractivity contribution in [3.05, 3.63) is 59.7 Å². The van der Waals surface area contributed by atoms with Gasteiger partial charge in [-0.05, 0) is 48.7 Å². The Hall–Kier alpha value is -2.82. The predicted octanol–water partition coefficient (Wildman–Crippen LogP) is 2.98. The van der Waals surface area contributed by atoms with Crippen LogP contribution in [0.2, 0.25) is 0 Å². The van der Waals surface area contributed by atoms with Crippen molar-refractivity contribution in [2.24, 2.45) is 0 Å². The van der Waals surface area contributed by atoms with E-state index in [-0.39, 0.29) is 11.8 Å². The lowest BCUT2D eigenvalue weighted by Gasteiger charge is -2.08. The Morgan fingerprint density at radius 2 is 1.88 bits per heavy atom. The van der Waals surface area contributed by atoms with E-state index in [1.165, 1.54) is 0 Å². The summed E-state index contributed by atoms with van der Waals surface area (Å²) in [7, 11) is 0. The van der Waals surface area contributed by atoms with Crippen molar-refractivity contribution >= 4 is 23.2 Å². The second-order valence-electron chi connectivity index (χ2n) is 5.63. The molecule has 0 spiro atoms. The molecule has 5 heteroatoms. The summed E-state index contributed by atoms with van der Waals surface area (Å²) >= 11 is 0. The summed E-state index contributed by atoms with van der Waals surface area (Å²) in [4.78, 5) is 24.0. The second kappa shape index (κ2) is 8.72. The van der Waals surface area contributed by atoms with Gasteiger partial charge in [-0.3, -0.25) is 9.59 Å². The van der Waals surface area contributed by atoms with E-state index in [1.54, 1.807) is 24.3 Å². The third-order valence-corrected chi connectivity index (χ3v) is 3.54. The number of carbonyl (C=O) groups is 2. The topological polar surface area (TPSA) is 84.2 Å². The van der Waals surface area contributed by atoms with Crippen LogP contribution in [0.25, 0.3) is 0 Å². The number of benzene rings is 2. The monoisotopic (exact) mass is 325 g/mol. The predicted molar refractivity (Wildman–Crippen MR) is 96.9 cm³/mol. The maximum absolute atomic E-state index is 12.1. The fourth-order valence-electron chi connectivity index (χ4n) is 2.31. The molecule has 0 saturated heterocycles. The summed E-state index contributed by atoms with van der Waals surface area (Å²) in [5, 5.41) is 5.65. The molecule has 126 valence electrons. The zero-order chi connectivity index (χ0) is 17.4. The Balaban J connectivity index is 1.90. The van der Waals surface area contributed by atoms with Gasteiger partial charge in [0.2, 0.25) is 5.91 Å². The SMILES string of the molecule is CCCNC(=O)c1cccc(NC(=O)CCc2cccc(N)c2)c1. The Kier molecular flexibility index (Phi) is 6.37. The molecule has 0 aliphatic carbocycles. The highest BCUT2D eigenvalue weighted by molar-refractivity contribution is 5.97. The van der Waals surface area contributed by atoms with Crippen molar-refractivity contribution in [3.63, 3.8) is 0 Å². The van der Waals surface area contributed by atoms with E-state index in [9.17, 15) is 9.59 Å². The standard InChI is InChI=1S/C19H23N3O2/c1-2-11-21-19(24)15-6-4-8-17(13-15)22-18(23)10-9-14-5-3-7-16(20)12-14/h3-8,12-13H,2,9-11,20H2,1H3,(H,21,24)(H,22,23). The summed E-state index contributed by atoms with van der Waals surface area (Å²) in [6, 6.07) is 14.5. The Bertz CT molecular complexity index is 713. The van der Waals surface area contributed by atoms with E-state index in [4.69, 9.17) is 5.73 Å². The van der Waals surface area contributed by atoms with E-state index in [1.807, 2.05) is 31.2 Å². The molecule has 0 heterocycles. The first-order valence-electron chi connectivity index (χ1n) is 8.11. The van der Waals surface area contributed by atoms with Crippen LogP contribution < -0.4 is 16.4 Å². The number of hydrogen-bond donors (Lipinski definition) is 3. The Labute approximate surface area is 142 Å². The van der Waals surface area contributed by atoms with E-state index >= 15 is 0 Å². The highest BCUT2D eigenvalue weighted by Gasteiger charge is 2.08. The van der Waals surface area contributed by atoms with Crippen molar-refractivity contribution in [3.8, 4) is 0 Å². The first-order chi connectivity index (χ1) is 11.6. The van der Waals surface area contributed by atoms with Gasteiger partial charge in [-0.2, -0.15) is 0 Å². The molecule has 2 rings (SSSR count). The largest absolute Gasteiger partial charge is 0.399 e. The first-order valence-corrected chi connectivity index (χ1v) is 8.11. The van der Waals surface area contributed by atoms with E-state index in [2.05, 4.69) is 10.6 Å². The van der Waals surface area contributed by atoms with Crippen LogP contribution in [0.5, 0.6) is 0 Å². The molecular weight excluding hydrogens is 302 g/mol. The van der Waals surface area contributed by atoms with Gasteiger partial charge in [-0.15, -0.1) is 0 Å². The maximum Gasteiger partial charge on any atom is 0.251 e. The third-order valence-electron chi connectivity index (χ3n) is 3.54. The lowest BCUT2D eigenvalue weighted by molar-refractivity contribution is -0.116. The molecule has 0 aromatic heterocycles. The molecule has 24 heavy (non-hydrogen) atoms. The van der Waals surface area contributed by atoms with E-state index in [0.717, 1.165) is 12.0 Å². The van der Waals surface area contributed by atoms with Gasteiger partial charge in [0.05, 0.1) is 0 Å². The number of aryl methyl sites for hydroxylation is 1. The average Bonchev–Trinajstić information content (AvgIpc) is 2.58. The quantitative estimate of drug-likeness (QED) is 0.684. The fraction of sp³-hybridized carbons (Fsp3) is 0.263. The minimum Gasteiger partial charge on any atom is -0.399 e. The van der Waals surface area contributed by atoms with Gasteiger partial charge < -0.3 is 16.4 Å². The minimum absolute atomic E-state index is 0.0939. The van der Waals surface area contributed by atoms with Gasteiger partial charge >= 0.3 is 0 Å². The summed E-state index contributed by atoms with van der Waals surface area (Å²) in [5.41, 5.74) is 8.61. The maximum atomic E-state index is 12.1. The van der Waals surface area contributed by atoms with Crippen LogP contribution >= 0.6 is 0 Å². The van der Waals surface area contributed by atoms with Gasteiger partial charge in [0, 0.05) is 29.9 Å². The first kappa shape index (κ1) is 17.5. The summed E-state index contributed by atoms with van der Waals surface area (Å²) in [6.45, 7) is 2.63. The van der Waals surface area contributed by atoms with Gasteiger partial charge in [-0.1, -0.05) is 25.1 Å². The van der Waals surface area contributed by atoms with Gasteiger partial charge in [0.15, 0.2) is 0 Å². The minimum atomic E-state index is -0.132. The molecule has 5 nitrogen and oxygen atoms in total. The molecule has 0 aliphatic rings. The number of rotatable bonds is 7. The molecule has 2 amide bonds. The molecule has 0 saturated carbocycles. The van der Waals surface area contributed by atoms with Crippen LogP contribution in [0, 0.1) is 0 Å². The molecule has 2 aromatic rings. The number of amides is 2. The fourth-order valence-corrected chi connectivity index (χ4v) is 2.31. The number of anilines is 2. The number of nitrogens with one attached hydrogen (secondary N) is 2. The number of hydrogen-bond acceptors (Lipinski definition) is 3. The zero-order valence-electron chi connectivity index (χ0n) is 13.8. The molecule has 0 fully saturated rings. The van der Waals surface area contributed by atoms with Crippen LogP contribution in [0.1, 0.15) is 35.7 Å². The second-order valence-corrected chi connectivity index (χ2v) is 5.63. The molecule has 2 aromatic carbocycles. The van der Waals surface area contributed by atoms with Crippen LogP contribution in [0.4, 0.5) is 11.4 Å². The Morgan fingerprint density at radius 1 is 1.08 bits per heavy atom. The van der Waals surface area contributed by atoms with Gasteiger partial charge in [-0.25, -0.2) is 0 Å². The molecule has 0 bridgehead atoms. The van der Waals surface area contributed by atoms with Crippen LogP contribution in [-0.4, -0.2) is 18.4 Å². The molecule has 0 aliphatic heterocycles. The molecule has 4 N–H and O–H groups in total. The summed E-state index contributed by atoms with van der Waals surface area (Å²) in [5.74, 6) is -0.226. The van der Waals surface area contributed by atoms with Crippen LogP contribution in [0.3, 0.4) is 0 Å². The molecule has 0 unspecified atom stereocenters. The van der Waals surface area contributed by atoms with Crippen molar-refractivity contribution in [1.82, 2.24) is 5.32 Å².